The van der Waals surface area contributed by atoms with Crippen LogP contribution < -0.4 is 0 Å². The molecular formula is C39H28BrN. The molecule has 0 aliphatic heterocycles. The van der Waals surface area contributed by atoms with Crippen LogP contribution in [0.4, 0.5) is 0 Å². The van der Waals surface area contributed by atoms with Crippen LogP contribution in [0.5, 0.6) is 0 Å². The lowest BCUT2D eigenvalue weighted by atomic mass is 9.81. The van der Waals surface area contributed by atoms with E-state index in [4.69, 9.17) is 0 Å². The molecular weight excluding hydrogens is 562 g/mol. The van der Waals surface area contributed by atoms with Crippen LogP contribution >= 0.6 is 15.9 Å². The van der Waals surface area contributed by atoms with Gasteiger partial charge in [0.15, 0.2) is 0 Å². The van der Waals surface area contributed by atoms with Gasteiger partial charge in [-0.1, -0.05) is 115 Å². The molecule has 1 heterocycles. The van der Waals surface area contributed by atoms with Gasteiger partial charge in [-0.2, -0.15) is 0 Å². The average molecular weight is 591 g/mol. The van der Waals surface area contributed by atoms with Gasteiger partial charge in [0.2, 0.25) is 0 Å². The zero-order chi connectivity index (χ0) is 27.7. The van der Waals surface area contributed by atoms with Crippen molar-refractivity contribution in [2.75, 3.05) is 0 Å². The molecule has 0 unspecified atom stereocenters. The van der Waals surface area contributed by atoms with Crippen molar-refractivity contribution in [2.24, 2.45) is 0 Å². The standard InChI is InChI=1S/C39H28BrN/c1-39(2)35-21-28(26-11-7-4-8-12-26)15-19-31(35)32-24-38-34(23-36(32)39)33-22-29(40)16-20-37(33)41(38)30-17-13-27(14-18-30)25-9-5-3-6-10-25/h3-24H,1-2H3. The molecule has 1 nitrogen and oxygen atoms in total. The van der Waals surface area contributed by atoms with Gasteiger partial charge in [0, 0.05) is 26.3 Å². The fourth-order valence-electron chi connectivity index (χ4n) is 6.74. The second-order valence-electron chi connectivity index (χ2n) is 11.6. The maximum Gasteiger partial charge on any atom is 0.0547 e. The van der Waals surface area contributed by atoms with E-state index in [0.29, 0.717) is 0 Å². The minimum absolute atomic E-state index is 0.0958. The van der Waals surface area contributed by atoms with E-state index in [1.807, 2.05) is 0 Å². The van der Waals surface area contributed by atoms with Crippen molar-refractivity contribution in [1.29, 1.82) is 0 Å². The molecule has 6 aromatic carbocycles. The van der Waals surface area contributed by atoms with Gasteiger partial charge in [-0.3, -0.25) is 0 Å². The Kier molecular flexibility index (Phi) is 5.39. The Balaban J connectivity index is 1.35. The van der Waals surface area contributed by atoms with E-state index < -0.39 is 0 Å². The fourth-order valence-corrected chi connectivity index (χ4v) is 7.10. The van der Waals surface area contributed by atoms with Crippen LogP contribution in [0.1, 0.15) is 25.0 Å². The third kappa shape index (κ3) is 3.74. The van der Waals surface area contributed by atoms with Crippen LogP contribution in [0.2, 0.25) is 0 Å². The number of nitrogens with zero attached hydrogens (tertiary/aromatic N) is 1. The Hall–Kier alpha value is -4.40. The van der Waals surface area contributed by atoms with Crippen molar-refractivity contribution in [3.05, 3.63) is 149 Å². The SMILES string of the molecule is CC1(C)c2cc(-c3ccccc3)ccc2-c2cc3c(cc21)c1cc(Br)ccc1n3-c1ccc(-c2ccccc2)cc1. The number of hydrogen-bond donors (Lipinski definition) is 0. The molecule has 0 bridgehead atoms. The average Bonchev–Trinajstić information content (AvgIpc) is 3.44. The summed E-state index contributed by atoms with van der Waals surface area (Å²) in [6, 6.07) is 48.8. The predicted molar refractivity (Wildman–Crippen MR) is 177 cm³/mol. The lowest BCUT2D eigenvalue weighted by molar-refractivity contribution is 0.661. The highest BCUT2D eigenvalue weighted by Crippen LogP contribution is 2.52. The molecule has 41 heavy (non-hydrogen) atoms. The fraction of sp³-hybridized carbons (Fsp3) is 0.0769. The Morgan fingerprint density at radius 3 is 1.78 bits per heavy atom. The van der Waals surface area contributed by atoms with Crippen LogP contribution in [0, 0.1) is 0 Å². The van der Waals surface area contributed by atoms with E-state index in [-0.39, 0.29) is 5.41 Å². The molecule has 0 N–H and O–H groups in total. The maximum absolute atomic E-state index is 3.75. The largest absolute Gasteiger partial charge is 0.309 e. The highest BCUT2D eigenvalue weighted by atomic mass is 79.9. The minimum atomic E-state index is -0.0958. The maximum atomic E-state index is 3.75. The number of benzene rings is 6. The normalized spacial score (nSPS) is 13.4. The van der Waals surface area contributed by atoms with Gasteiger partial charge < -0.3 is 4.57 Å². The monoisotopic (exact) mass is 589 g/mol. The number of rotatable bonds is 3. The van der Waals surface area contributed by atoms with Gasteiger partial charge in [-0.05, 0) is 93.0 Å². The lowest BCUT2D eigenvalue weighted by Crippen LogP contribution is -2.15. The molecule has 2 heteroatoms. The van der Waals surface area contributed by atoms with E-state index in [0.717, 1.165) is 4.47 Å². The molecule has 1 aliphatic rings. The predicted octanol–water partition coefficient (Wildman–Crippen LogP) is 11.2. The summed E-state index contributed by atoms with van der Waals surface area (Å²) in [5.41, 5.74) is 14.0. The Labute approximate surface area is 248 Å². The summed E-state index contributed by atoms with van der Waals surface area (Å²) in [7, 11) is 0. The van der Waals surface area contributed by atoms with Crippen LogP contribution in [0.3, 0.4) is 0 Å². The van der Waals surface area contributed by atoms with Crippen molar-refractivity contribution in [3.8, 4) is 39.1 Å². The van der Waals surface area contributed by atoms with Crippen molar-refractivity contribution in [2.45, 2.75) is 19.3 Å². The quantitative estimate of drug-likeness (QED) is 0.193. The second kappa shape index (κ2) is 9.06. The number of aromatic nitrogens is 1. The first-order valence-corrected chi connectivity index (χ1v) is 14.9. The van der Waals surface area contributed by atoms with Crippen LogP contribution in [-0.4, -0.2) is 4.57 Å². The topological polar surface area (TPSA) is 4.93 Å². The van der Waals surface area contributed by atoms with Gasteiger partial charge in [0.25, 0.3) is 0 Å². The van der Waals surface area contributed by atoms with E-state index in [1.165, 1.54) is 72.0 Å². The molecule has 0 spiro atoms. The molecule has 1 aliphatic carbocycles. The Morgan fingerprint density at radius 1 is 0.488 bits per heavy atom. The summed E-state index contributed by atoms with van der Waals surface area (Å²) in [5.74, 6) is 0. The first-order valence-electron chi connectivity index (χ1n) is 14.1. The van der Waals surface area contributed by atoms with Crippen molar-refractivity contribution < 1.29 is 0 Å². The summed E-state index contributed by atoms with van der Waals surface area (Å²) in [5, 5.41) is 2.55. The van der Waals surface area contributed by atoms with E-state index >= 15 is 0 Å². The Bertz CT molecular complexity index is 2100. The van der Waals surface area contributed by atoms with Gasteiger partial charge in [-0.15, -0.1) is 0 Å². The molecule has 0 amide bonds. The first kappa shape index (κ1) is 24.4. The summed E-state index contributed by atoms with van der Waals surface area (Å²) < 4.78 is 3.52. The molecule has 8 rings (SSSR count). The molecule has 0 atom stereocenters. The molecule has 0 radical (unpaired) electrons. The first-order chi connectivity index (χ1) is 20.0. The molecule has 0 saturated heterocycles. The third-order valence-corrected chi connectivity index (χ3v) is 9.36. The zero-order valence-corrected chi connectivity index (χ0v) is 24.6. The zero-order valence-electron chi connectivity index (χ0n) is 23.0. The summed E-state index contributed by atoms with van der Waals surface area (Å²) in [4.78, 5) is 0. The van der Waals surface area contributed by atoms with Gasteiger partial charge in [0.05, 0.1) is 11.0 Å². The molecule has 0 fully saturated rings. The Morgan fingerprint density at radius 2 is 1.07 bits per heavy atom. The minimum Gasteiger partial charge on any atom is -0.309 e. The third-order valence-electron chi connectivity index (χ3n) is 8.86. The van der Waals surface area contributed by atoms with Crippen LogP contribution in [0.25, 0.3) is 60.9 Å². The van der Waals surface area contributed by atoms with Crippen molar-refractivity contribution in [1.82, 2.24) is 4.57 Å². The summed E-state index contributed by atoms with van der Waals surface area (Å²) in [6.45, 7) is 4.74. The van der Waals surface area contributed by atoms with Crippen molar-refractivity contribution in [3.63, 3.8) is 0 Å². The lowest BCUT2D eigenvalue weighted by Gasteiger charge is -2.22. The van der Waals surface area contributed by atoms with Gasteiger partial charge in [-0.25, -0.2) is 0 Å². The van der Waals surface area contributed by atoms with Gasteiger partial charge >= 0.3 is 0 Å². The van der Waals surface area contributed by atoms with Crippen LogP contribution in [0.15, 0.2) is 138 Å². The van der Waals surface area contributed by atoms with Gasteiger partial charge in [0.1, 0.15) is 0 Å². The number of fused-ring (bicyclic) bond motifs is 6. The van der Waals surface area contributed by atoms with E-state index in [1.54, 1.807) is 0 Å². The smallest absolute Gasteiger partial charge is 0.0547 e. The van der Waals surface area contributed by atoms with Crippen LogP contribution in [-0.2, 0) is 5.41 Å². The van der Waals surface area contributed by atoms with E-state index in [2.05, 4.69) is 168 Å². The highest BCUT2D eigenvalue weighted by molar-refractivity contribution is 9.10. The second-order valence-corrected chi connectivity index (χ2v) is 12.5. The molecule has 1 aromatic heterocycles. The van der Waals surface area contributed by atoms with Crippen molar-refractivity contribution >= 4 is 37.7 Å². The molecule has 0 saturated carbocycles. The summed E-state index contributed by atoms with van der Waals surface area (Å²) >= 11 is 3.75. The molecule has 196 valence electrons. The van der Waals surface area contributed by atoms with E-state index in [9.17, 15) is 0 Å². The number of hydrogen-bond acceptors (Lipinski definition) is 0. The highest BCUT2D eigenvalue weighted by Gasteiger charge is 2.36. The number of halogens is 1. The molecule has 7 aromatic rings. The summed E-state index contributed by atoms with van der Waals surface area (Å²) in [6.07, 6.45) is 0.